The quantitative estimate of drug-likeness (QED) is 0.814. The van der Waals surface area contributed by atoms with Crippen molar-refractivity contribution < 1.29 is 19.1 Å². The number of pyridine rings is 1. The number of rotatable bonds is 3. The minimum atomic E-state index is -0.887. The first kappa shape index (κ1) is 13.5. The molecule has 1 aliphatic rings. The Morgan fingerprint density at radius 2 is 2.05 bits per heavy atom. The number of nitrogens with zero attached hydrogens (tertiary/aromatic N) is 1. The van der Waals surface area contributed by atoms with Crippen molar-refractivity contribution in [3.8, 4) is 0 Å². The summed E-state index contributed by atoms with van der Waals surface area (Å²) in [6, 6.07) is 2.06. The largest absolute Gasteiger partial charge is 0.481 e. The van der Waals surface area contributed by atoms with Crippen LogP contribution >= 0.6 is 0 Å². The maximum Gasteiger partial charge on any atom is 0.308 e. The maximum absolute atomic E-state index is 12.7. The van der Waals surface area contributed by atoms with E-state index in [9.17, 15) is 14.0 Å². The molecule has 102 valence electrons. The lowest BCUT2D eigenvalue weighted by Crippen LogP contribution is -2.45. The van der Waals surface area contributed by atoms with E-state index in [-0.39, 0.29) is 11.6 Å². The molecule has 2 N–H and O–H groups in total. The first-order valence-electron chi connectivity index (χ1n) is 6.23. The van der Waals surface area contributed by atoms with Crippen molar-refractivity contribution in [3.05, 3.63) is 29.8 Å². The lowest BCUT2D eigenvalue weighted by Gasteiger charge is -2.29. The Balaban J connectivity index is 2.04. The van der Waals surface area contributed by atoms with Gasteiger partial charge in [-0.3, -0.25) is 9.59 Å². The van der Waals surface area contributed by atoms with E-state index in [1.807, 2.05) is 0 Å². The number of carbonyl (C=O) groups excluding carboxylic acids is 1. The maximum atomic E-state index is 12.7. The minimum absolute atomic E-state index is 0.233. The van der Waals surface area contributed by atoms with Crippen LogP contribution in [0.15, 0.2) is 18.3 Å². The Hall–Kier alpha value is -1.98. The van der Waals surface area contributed by atoms with Crippen LogP contribution in [0.25, 0.3) is 0 Å². The molecule has 2 unspecified atom stereocenters. The van der Waals surface area contributed by atoms with Crippen LogP contribution in [0.4, 0.5) is 4.39 Å². The van der Waals surface area contributed by atoms with Crippen molar-refractivity contribution in [3.63, 3.8) is 0 Å². The minimum Gasteiger partial charge on any atom is -0.481 e. The van der Waals surface area contributed by atoms with Gasteiger partial charge in [-0.1, -0.05) is 12.8 Å². The standard InChI is InChI=1S/C13H15FN2O3/c14-11-6-5-8(7-15-11)12(17)16-10-4-2-1-3-9(10)13(18)19/h5-7,9-10H,1-4H2,(H,16,17)(H,18,19). The molecule has 5 nitrogen and oxygen atoms in total. The highest BCUT2D eigenvalue weighted by molar-refractivity contribution is 5.94. The molecule has 1 fully saturated rings. The Bertz CT molecular complexity index is 475. The summed E-state index contributed by atoms with van der Waals surface area (Å²) in [5, 5.41) is 11.8. The smallest absolute Gasteiger partial charge is 0.308 e. The molecule has 1 aromatic rings. The summed E-state index contributed by atoms with van der Waals surface area (Å²) >= 11 is 0. The fourth-order valence-corrected chi connectivity index (χ4v) is 2.36. The monoisotopic (exact) mass is 266 g/mol. The van der Waals surface area contributed by atoms with Gasteiger partial charge in [0.1, 0.15) is 0 Å². The molecular weight excluding hydrogens is 251 g/mol. The van der Waals surface area contributed by atoms with Gasteiger partial charge in [-0.15, -0.1) is 0 Å². The highest BCUT2D eigenvalue weighted by Gasteiger charge is 2.31. The van der Waals surface area contributed by atoms with Crippen LogP contribution in [0.1, 0.15) is 36.0 Å². The number of nitrogens with one attached hydrogen (secondary N) is 1. The Kier molecular flexibility index (Phi) is 4.09. The third-order valence-electron chi connectivity index (χ3n) is 3.39. The van der Waals surface area contributed by atoms with E-state index in [0.717, 1.165) is 25.1 Å². The molecule has 0 aliphatic heterocycles. The van der Waals surface area contributed by atoms with Crippen molar-refractivity contribution >= 4 is 11.9 Å². The molecule has 2 rings (SSSR count). The molecule has 1 aliphatic carbocycles. The highest BCUT2D eigenvalue weighted by Crippen LogP contribution is 2.24. The Morgan fingerprint density at radius 1 is 1.32 bits per heavy atom. The zero-order chi connectivity index (χ0) is 13.8. The third-order valence-corrected chi connectivity index (χ3v) is 3.39. The van der Waals surface area contributed by atoms with Crippen LogP contribution in [0.5, 0.6) is 0 Å². The lowest BCUT2D eigenvalue weighted by atomic mass is 9.84. The molecular formula is C13H15FN2O3. The van der Waals surface area contributed by atoms with Crippen LogP contribution in [0.3, 0.4) is 0 Å². The van der Waals surface area contributed by atoms with Gasteiger partial charge in [-0.05, 0) is 25.0 Å². The van der Waals surface area contributed by atoms with Crippen molar-refractivity contribution in [1.29, 1.82) is 0 Å². The fourth-order valence-electron chi connectivity index (χ4n) is 2.36. The predicted octanol–water partition coefficient (Wildman–Crippen LogP) is 1.59. The van der Waals surface area contributed by atoms with E-state index in [4.69, 9.17) is 5.11 Å². The van der Waals surface area contributed by atoms with Crippen molar-refractivity contribution in [1.82, 2.24) is 10.3 Å². The molecule has 0 aromatic carbocycles. The summed E-state index contributed by atoms with van der Waals surface area (Å²) in [6.45, 7) is 0. The molecule has 19 heavy (non-hydrogen) atoms. The van der Waals surface area contributed by atoms with Crippen LogP contribution < -0.4 is 5.32 Å². The van der Waals surface area contributed by atoms with Crippen molar-refractivity contribution in [2.45, 2.75) is 31.7 Å². The molecule has 6 heteroatoms. The second-order valence-electron chi connectivity index (χ2n) is 4.68. The zero-order valence-electron chi connectivity index (χ0n) is 10.3. The van der Waals surface area contributed by atoms with E-state index in [0.29, 0.717) is 12.8 Å². The van der Waals surface area contributed by atoms with Crippen molar-refractivity contribution in [2.75, 3.05) is 0 Å². The number of aromatic nitrogens is 1. The van der Waals surface area contributed by atoms with Gasteiger partial charge in [0.25, 0.3) is 5.91 Å². The van der Waals surface area contributed by atoms with Gasteiger partial charge in [-0.2, -0.15) is 4.39 Å². The normalized spacial score (nSPS) is 22.8. The molecule has 1 amide bonds. The molecule has 2 atom stereocenters. The van der Waals surface area contributed by atoms with Gasteiger partial charge in [0.05, 0.1) is 11.5 Å². The summed E-state index contributed by atoms with van der Waals surface area (Å²) in [6.07, 6.45) is 4.13. The topological polar surface area (TPSA) is 79.3 Å². The fraction of sp³-hybridized carbons (Fsp3) is 0.462. The van der Waals surface area contributed by atoms with E-state index >= 15 is 0 Å². The van der Waals surface area contributed by atoms with Crippen LogP contribution in [-0.2, 0) is 4.79 Å². The number of hydrogen-bond donors (Lipinski definition) is 2. The number of amides is 1. The van der Waals surface area contributed by atoms with E-state index in [1.54, 1.807) is 0 Å². The number of carbonyl (C=O) groups is 2. The van der Waals surface area contributed by atoms with Gasteiger partial charge in [0.2, 0.25) is 5.95 Å². The SMILES string of the molecule is O=C(NC1CCCCC1C(=O)O)c1ccc(F)nc1. The first-order valence-corrected chi connectivity index (χ1v) is 6.23. The van der Waals surface area contributed by atoms with Crippen LogP contribution in [0.2, 0.25) is 0 Å². The summed E-state index contributed by atoms with van der Waals surface area (Å²) in [5.41, 5.74) is 0.233. The van der Waals surface area contributed by atoms with E-state index < -0.39 is 23.7 Å². The van der Waals surface area contributed by atoms with E-state index in [2.05, 4.69) is 10.3 Å². The number of hydrogen-bond acceptors (Lipinski definition) is 3. The molecule has 1 aromatic heterocycles. The molecule has 1 heterocycles. The molecule has 0 saturated heterocycles. The third kappa shape index (κ3) is 3.27. The Morgan fingerprint density at radius 3 is 2.68 bits per heavy atom. The zero-order valence-corrected chi connectivity index (χ0v) is 10.3. The van der Waals surface area contributed by atoms with Gasteiger partial charge in [0, 0.05) is 12.2 Å². The second-order valence-corrected chi connectivity index (χ2v) is 4.68. The average Bonchev–Trinajstić information content (AvgIpc) is 2.39. The van der Waals surface area contributed by atoms with Crippen molar-refractivity contribution in [2.24, 2.45) is 5.92 Å². The second kappa shape index (κ2) is 5.77. The molecule has 0 radical (unpaired) electrons. The van der Waals surface area contributed by atoms with Crippen LogP contribution in [0, 0.1) is 11.9 Å². The molecule has 1 saturated carbocycles. The lowest BCUT2D eigenvalue weighted by molar-refractivity contribution is -0.143. The van der Waals surface area contributed by atoms with E-state index in [1.165, 1.54) is 6.07 Å². The predicted molar refractivity (Wildman–Crippen MR) is 65.0 cm³/mol. The Labute approximate surface area is 109 Å². The number of aliphatic carboxylic acids is 1. The van der Waals surface area contributed by atoms with Gasteiger partial charge < -0.3 is 10.4 Å². The summed E-state index contributed by atoms with van der Waals surface area (Å²) in [5.74, 6) is -2.50. The summed E-state index contributed by atoms with van der Waals surface area (Å²) in [4.78, 5) is 26.4. The van der Waals surface area contributed by atoms with Gasteiger partial charge >= 0.3 is 5.97 Å². The average molecular weight is 266 g/mol. The summed E-state index contributed by atoms with van der Waals surface area (Å²) < 4.78 is 12.7. The summed E-state index contributed by atoms with van der Waals surface area (Å²) in [7, 11) is 0. The highest BCUT2D eigenvalue weighted by atomic mass is 19.1. The van der Waals surface area contributed by atoms with Gasteiger partial charge in [-0.25, -0.2) is 4.98 Å². The number of carboxylic acid groups (broad SMARTS) is 1. The van der Waals surface area contributed by atoms with Gasteiger partial charge in [0.15, 0.2) is 0 Å². The van der Waals surface area contributed by atoms with Crippen LogP contribution in [-0.4, -0.2) is 28.0 Å². The first-order chi connectivity index (χ1) is 9.08. The molecule has 0 spiro atoms. The number of halogens is 1. The number of carboxylic acids is 1. The molecule has 0 bridgehead atoms.